The van der Waals surface area contributed by atoms with Gasteiger partial charge in [0.25, 0.3) is 0 Å². The minimum Gasteiger partial charge on any atom is -0.434 e. The summed E-state index contributed by atoms with van der Waals surface area (Å²) >= 11 is 0. The molecule has 1 saturated carbocycles. The van der Waals surface area contributed by atoms with Gasteiger partial charge in [-0.05, 0) is 19.3 Å². The predicted molar refractivity (Wildman–Crippen MR) is 48.9 cm³/mol. The lowest BCUT2D eigenvalue weighted by molar-refractivity contribution is -0.172. The second kappa shape index (κ2) is 4.09. The van der Waals surface area contributed by atoms with E-state index < -0.39 is 17.4 Å². The zero-order valence-electron chi connectivity index (χ0n) is 7.82. The number of carbonyl (C=O) groups is 2. The van der Waals surface area contributed by atoms with Crippen molar-refractivity contribution in [2.45, 2.75) is 19.3 Å². The van der Waals surface area contributed by atoms with Crippen LogP contribution in [0.15, 0.2) is 25.7 Å². The van der Waals surface area contributed by atoms with Crippen LogP contribution in [0, 0.1) is 5.41 Å². The fraction of sp³-hybridized carbons (Fsp3) is 0.400. The summed E-state index contributed by atoms with van der Waals surface area (Å²) in [5.74, 6) is -1.18. The van der Waals surface area contributed by atoms with Crippen LogP contribution in [-0.2, 0) is 19.1 Å². The van der Waals surface area contributed by atoms with Crippen LogP contribution in [0.4, 0.5) is 0 Å². The molecule has 4 nitrogen and oxygen atoms in total. The summed E-state index contributed by atoms with van der Waals surface area (Å²) < 4.78 is 9.21. The molecule has 0 radical (unpaired) electrons. The van der Waals surface area contributed by atoms with Crippen LogP contribution < -0.4 is 0 Å². The Morgan fingerprint density at radius 2 is 1.50 bits per heavy atom. The summed E-state index contributed by atoms with van der Waals surface area (Å²) in [6.07, 6.45) is 3.78. The molecule has 0 N–H and O–H groups in total. The first-order chi connectivity index (χ1) is 6.67. The molecule has 0 heterocycles. The molecule has 0 spiro atoms. The van der Waals surface area contributed by atoms with Gasteiger partial charge in [0.1, 0.15) is 0 Å². The van der Waals surface area contributed by atoms with E-state index in [1.807, 2.05) is 0 Å². The third-order valence-electron chi connectivity index (χ3n) is 2.37. The van der Waals surface area contributed by atoms with Crippen LogP contribution in [0.3, 0.4) is 0 Å². The highest BCUT2D eigenvalue weighted by Crippen LogP contribution is 2.43. The van der Waals surface area contributed by atoms with E-state index in [4.69, 9.17) is 0 Å². The molecular formula is C10H12O4. The summed E-state index contributed by atoms with van der Waals surface area (Å²) in [5.41, 5.74) is -1.12. The zero-order valence-corrected chi connectivity index (χ0v) is 7.82. The van der Waals surface area contributed by atoms with E-state index in [1.54, 1.807) is 0 Å². The molecule has 0 aromatic carbocycles. The molecular weight excluding hydrogens is 184 g/mol. The van der Waals surface area contributed by atoms with Crippen molar-refractivity contribution in [2.24, 2.45) is 5.41 Å². The van der Waals surface area contributed by atoms with Gasteiger partial charge in [0.2, 0.25) is 0 Å². The molecule has 0 aromatic rings. The van der Waals surface area contributed by atoms with E-state index in [9.17, 15) is 9.59 Å². The Kier molecular flexibility index (Phi) is 3.06. The van der Waals surface area contributed by atoms with Gasteiger partial charge in [-0.1, -0.05) is 13.2 Å². The molecule has 0 aromatic heterocycles. The van der Waals surface area contributed by atoms with Crippen molar-refractivity contribution in [3.63, 3.8) is 0 Å². The van der Waals surface area contributed by atoms with Crippen LogP contribution in [0.1, 0.15) is 19.3 Å². The van der Waals surface area contributed by atoms with E-state index >= 15 is 0 Å². The Bertz CT molecular complexity index is 252. The van der Waals surface area contributed by atoms with Gasteiger partial charge in [0, 0.05) is 0 Å². The second-order valence-electron chi connectivity index (χ2n) is 3.08. The monoisotopic (exact) mass is 196 g/mol. The van der Waals surface area contributed by atoms with Crippen molar-refractivity contribution in [3.05, 3.63) is 25.7 Å². The molecule has 1 fully saturated rings. The Morgan fingerprint density at radius 3 is 1.71 bits per heavy atom. The smallest absolute Gasteiger partial charge is 0.328 e. The lowest BCUT2D eigenvalue weighted by Crippen LogP contribution is -2.46. The number of hydrogen-bond acceptors (Lipinski definition) is 4. The Hall–Kier alpha value is -1.58. The molecule has 0 unspecified atom stereocenters. The van der Waals surface area contributed by atoms with Crippen molar-refractivity contribution < 1.29 is 19.1 Å². The first kappa shape index (κ1) is 10.5. The molecule has 0 atom stereocenters. The number of hydrogen-bond donors (Lipinski definition) is 0. The lowest BCUT2D eigenvalue weighted by Gasteiger charge is -2.35. The largest absolute Gasteiger partial charge is 0.434 e. The Labute approximate surface area is 82.2 Å². The molecule has 0 amide bonds. The molecule has 0 aliphatic heterocycles. The average Bonchev–Trinajstić information content (AvgIpc) is 2.02. The minimum absolute atomic E-state index is 0.465. The molecule has 4 heteroatoms. The number of esters is 2. The molecule has 1 aliphatic rings. The number of rotatable bonds is 4. The van der Waals surface area contributed by atoms with Gasteiger partial charge >= 0.3 is 11.9 Å². The lowest BCUT2D eigenvalue weighted by atomic mass is 9.69. The summed E-state index contributed by atoms with van der Waals surface area (Å²) in [6, 6.07) is 0. The maximum absolute atomic E-state index is 11.4. The minimum atomic E-state index is -1.12. The highest BCUT2D eigenvalue weighted by atomic mass is 16.5. The van der Waals surface area contributed by atoms with Crippen molar-refractivity contribution in [3.8, 4) is 0 Å². The third kappa shape index (κ3) is 1.55. The molecule has 1 rings (SSSR count). The second-order valence-corrected chi connectivity index (χ2v) is 3.08. The van der Waals surface area contributed by atoms with Gasteiger partial charge in [-0.2, -0.15) is 0 Å². The SMILES string of the molecule is C=COC(=O)C1(C(=O)OC=C)CCC1. The van der Waals surface area contributed by atoms with Gasteiger partial charge in [-0.15, -0.1) is 0 Å². The zero-order chi connectivity index (χ0) is 10.6. The Balaban J connectivity index is 2.75. The summed E-state index contributed by atoms with van der Waals surface area (Å²) in [5, 5.41) is 0. The van der Waals surface area contributed by atoms with Gasteiger partial charge in [-0.3, -0.25) is 9.59 Å². The summed E-state index contributed by atoms with van der Waals surface area (Å²) in [6.45, 7) is 6.53. The van der Waals surface area contributed by atoms with Gasteiger partial charge < -0.3 is 9.47 Å². The van der Waals surface area contributed by atoms with E-state index in [2.05, 4.69) is 22.6 Å². The van der Waals surface area contributed by atoms with Crippen LogP contribution in [0.25, 0.3) is 0 Å². The highest BCUT2D eigenvalue weighted by molar-refractivity contribution is 6.01. The first-order valence-electron chi connectivity index (χ1n) is 4.31. The Morgan fingerprint density at radius 1 is 1.07 bits per heavy atom. The van der Waals surface area contributed by atoms with Crippen molar-refractivity contribution in [1.29, 1.82) is 0 Å². The fourth-order valence-corrected chi connectivity index (χ4v) is 1.40. The molecule has 14 heavy (non-hydrogen) atoms. The van der Waals surface area contributed by atoms with Crippen LogP contribution >= 0.6 is 0 Å². The quantitative estimate of drug-likeness (QED) is 0.388. The number of carbonyl (C=O) groups excluding carboxylic acids is 2. The highest BCUT2D eigenvalue weighted by Gasteiger charge is 2.53. The molecule has 76 valence electrons. The normalized spacial score (nSPS) is 17.4. The van der Waals surface area contributed by atoms with Crippen molar-refractivity contribution in [1.82, 2.24) is 0 Å². The van der Waals surface area contributed by atoms with Crippen LogP contribution in [0.5, 0.6) is 0 Å². The van der Waals surface area contributed by atoms with E-state index in [1.165, 1.54) is 0 Å². The van der Waals surface area contributed by atoms with Gasteiger partial charge in [-0.25, -0.2) is 0 Å². The first-order valence-corrected chi connectivity index (χ1v) is 4.31. The van der Waals surface area contributed by atoms with Crippen molar-refractivity contribution in [2.75, 3.05) is 0 Å². The van der Waals surface area contributed by atoms with Crippen LogP contribution in [-0.4, -0.2) is 11.9 Å². The van der Waals surface area contributed by atoms with Crippen LogP contribution in [0.2, 0.25) is 0 Å². The predicted octanol–water partition coefficient (Wildman–Crippen LogP) is 1.53. The molecule has 0 bridgehead atoms. The maximum atomic E-state index is 11.4. The van der Waals surface area contributed by atoms with E-state index in [0.29, 0.717) is 12.8 Å². The average molecular weight is 196 g/mol. The maximum Gasteiger partial charge on any atom is 0.328 e. The topological polar surface area (TPSA) is 52.6 Å². The molecule has 1 aliphatic carbocycles. The van der Waals surface area contributed by atoms with E-state index in [0.717, 1.165) is 18.9 Å². The number of ether oxygens (including phenoxy) is 2. The fourth-order valence-electron chi connectivity index (χ4n) is 1.40. The van der Waals surface area contributed by atoms with E-state index in [-0.39, 0.29) is 0 Å². The standard InChI is InChI=1S/C10H12O4/c1-3-13-8(11)10(6-5-7-10)9(12)14-4-2/h3-4H,1-2,5-7H2. The third-order valence-corrected chi connectivity index (χ3v) is 2.37. The molecule has 0 saturated heterocycles. The van der Waals surface area contributed by atoms with Crippen molar-refractivity contribution >= 4 is 11.9 Å². The van der Waals surface area contributed by atoms with Gasteiger partial charge in [0.05, 0.1) is 12.5 Å². The van der Waals surface area contributed by atoms with Gasteiger partial charge in [0.15, 0.2) is 5.41 Å². The summed E-state index contributed by atoms with van der Waals surface area (Å²) in [4.78, 5) is 22.9. The summed E-state index contributed by atoms with van der Waals surface area (Å²) in [7, 11) is 0.